The van der Waals surface area contributed by atoms with Gasteiger partial charge in [0.15, 0.2) is 0 Å². The van der Waals surface area contributed by atoms with E-state index in [9.17, 15) is 4.79 Å². The van der Waals surface area contributed by atoms with E-state index in [1.807, 2.05) is 36.1 Å². The number of hydrogen-bond donors (Lipinski definition) is 1. The molecule has 1 aromatic carbocycles. The van der Waals surface area contributed by atoms with Crippen LogP contribution in [0.4, 0.5) is 5.69 Å². The van der Waals surface area contributed by atoms with Gasteiger partial charge in [0.25, 0.3) is 0 Å². The van der Waals surface area contributed by atoms with Gasteiger partial charge in [0.05, 0.1) is 13.2 Å². The summed E-state index contributed by atoms with van der Waals surface area (Å²) in [6.07, 6.45) is 0. The second kappa shape index (κ2) is 6.20. The highest BCUT2D eigenvalue weighted by Crippen LogP contribution is 2.15. The third-order valence-corrected chi connectivity index (χ3v) is 3.45. The fourth-order valence-corrected chi connectivity index (χ4v) is 2.18. The zero-order valence-corrected chi connectivity index (χ0v) is 11.9. The predicted octanol–water partition coefficient (Wildman–Crippen LogP) is 2.11. The van der Waals surface area contributed by atoms with Gasteiger partial charge < -0.3 is 15.0 Å². The second-order valence-electron chi connectivity index (χ2n) is 4.31. The van der Waals surface area contributed by atoms with Crippen molar-refractivity contribution in [3.63, 3.8) is 0 Å². The first-order chi connectivity index (χ1) is 8.66. The maximum Gasteiger partial charge on any atom is 0.244 e. The minimum Gasteiger partial charge on any atom is -0.378 e. The van der Waals surface area contributed by atoms with Crippen LogP contribution in [0.1, 0.15) is 6.92 Å². The Morgan fingerprint density at radius 3 is 2.56 bits per heavy atom. The molecule has 0 bridgehead atoms. The molecule has 1 saturated heterocycles. The minimum absolute atomic E-state index is 0.126. The molecule has 0 aliphatic carbocycles. The van der Waals surface area contributed by atoms with Gasteiger partial charge in [-0.15, -0.1) is 0 Å². The summed E-state index contributed by atoms with van der Waals surface area (Å²) in [5.74, 6) is 0.126. The van der Waals surface area contributed by atoms with Gasteiger partial charge in [-0.05, 0) is 31.2 Å². The Morgan fingerprint density at radius 1 is 1.33 bits per heavy atom. The Hall–Kier alpha value is -1.07. The molecule has 1 N–H and O–H groups in total. The molecule has 0 saturated carbocycles. The van der Waals surface area contributed by atoms with E-state index in [4.69, 9.17) is 4.74 Å². The van der Waals surface area contributed by atoms with Crippen LogP contribution in [0.15, 0.2) is 28.7 Å². The number of ether oxygens (including phenoxy) is 1. The molecule has 1 unspecified atom stereocenters. The molecule has 0 radical (unpaired) electrons. The van der Waals surface area contributed by atoms with Crippen LogP contribution in [-0.2, 0) is 9.53 Å². The number of nitrogens with one attached hydrogen (secondary N) is 1. The Kier molecular flexibility index (Phi) is 4.60. The first-order valence-corrected chi connectivity index (χ1v) is 6.85. The van der Waals surface area contributed by atoms with Crippen molar-refractivity contribution in [1.29, 1.82) is 0 Å². The van der Waals surface area contributed by atoms with Crippen molar-refractivity contribution in [1.82, 2.24) is 4.90 Å². The number of hydrogen-bond acceptors (Lipinski definition) is 3. The van der Waals surface area contributed by atoms with E-state index in [-0.39, 0.29) is 11.9 Å². The molecular weight excluding hydrogens is 296 g/mol. The number of carbonyl (C=O) groups excluding carboxylic acids is 1. The number of amides is 1. The van der Waals surface area contributed by atoms with E-state index < -0.39 is 0 Å². The van der Waals surface area contributed by atoms with Crippen LogP contribution in [0.5, 0.6) is 0 Å². The molecule has 1 aromatic rings. The molecule has 0 aromatic heterocycles. The fraction of sp³-hybridized carbons (Fsp3) is 0.462. The molecule has 1 atom stereocenters. The lowest BCUT2D eigenvalue weighted by Gasteiger charge is -2.29. The molecule has 0 spiro atoms. The molecule has 4 nitrogen and oxygen atoms in total. The minimum atomic E-state index is -0.218. The molecule has 1 heterocycles. The predicted molar refractivity (Wildman–Crippen MR) is 74.6 cm³/mol. The lowest BCUT2D eigenvalue weighted by molar-refractivity contribution is -0.135. The van der Waals surface area contributed by atoms with Crippen LogP contribution in [0, 0.1) is 0 Å². The summed E-state index contributed by atoms with van der Waals surface area (Å²) in [6, 6.07) is 7.59. The average molecular weight is 313 g/mol. The lowest BCUT2D eigenvalue weighted by Crippen LogP contribution is -2.46. The molecular formula is C13H17BrN2O2. The molecule has 98 valence electrons. The number of anilines is 1. The highest BCUT2D eigenvalue weighted by atomic mass is 79.9. The summed E-state index contributed by atoms with van der Waals surface area (Å²) in [7, 11) is 0. The summed E-state index contributed by atoms with van der Waals surface area (Å²) in [6.45, 7) is 4.53. The van der Waals surface area contributed by atoms with Gasteiger partial charge in [-0.25, -0.2) is 0 Å². The van der Waals surface area contributed by atoms with E-state index >= 15 is 0 Å². The standard InChI is InChI=1S/C13H17BrN2O2/c1-10(13(17)16-6-8-18-9-7-16)15-12-4-2-11(14)3-5-12/h2-5,10,15H,6-9H2,1H3. The molecule has 1 aliphatic heterocycles. The number of carbonyl (C=O) groups is 1. The van der Waals surface area contributed by atoms with Gasteiger partial charge in [-0.1, -0.05) is 15.9 Å². The first-order valence-electron chi connectivity index (χ1n) is 6.05. The SMILES string of the molecule is CC(Nc1ccc(Br)cc1)C(=O)N1CCOCC1. The number of nitrogens with zero attached hydrogens (tertiary/aromatic N) is 1. The molecule has 5 heteroatoms. The molecule has 1 aliphatic rings. The van der Waals surface area contributed by atoms with Crippen molar-refractivity contribution < 1.29 is 9.53 Å². The van der Waals surface area contributed by atoms with E-state index in [0.717, 1.165) is 10.2 Å². The third-order valence-electron chi connectivity index (χ3n) is 2.92. The van der Waals surface area contributed by atoms with Crippen LogP contribution in [0.2, 0.25) is 0 Å². The topological polar surface area (TPSA) is 41.6 Å². The van der Waals surface area contributed by atoms with E-state index in [0.29, 0.717) is 26.3 Å². The summed E-state index contributed by atoms with van der Waals surface area (Å²) < 4.78 is 6.27. The zero-order chi connectivity index (χ0) is 13.0. The zero-order valence-electron chi connectivity index (χ0n) is 10.4. The van der Waals surface area contributed by atoms with Gasteiger partial charge in [0, 0.05) is 23.2 Å². The van der Waals surface area contributed by atoms with Gasteiger partial charge >= 0.3 is 0 Å². The molecule has 18 heavy (non-hydrogen) atoms. The fourth-order valence-electron chi connectivity index (χ4n) is 1.92. The average Bonchev–Trinajstić information content (AvgIpc) is 2.41. The second-order valence-corrected chi connectivity index (χ2v) is 5.23. The summed E-state index contributed by atoms with van der Waals surface area (Å²) >= 11 is 3.39. The Labute approximate surface area is 115 Å². The maximum atomic E-state index is 12.2. The van der Waals surface area contributed by atoms with Crippen molar-refractivity contribution in [3.05, 3.63) is 28.7 Å². The lowest BCUT2D eigenvalue weighted by atomic mass is 10.2. The maximum absolute atomic E-state index is 12.2. The van der Waals surface area contributed by atoms with Crippen molar-refractivity contribution in [2.45, 2.75) is 13.0 Å². The molecule has 2 rings (SSSR count). The van der Waals surface area contributed by atoms with E-state index in [1.165, 1.54) is 0 Å². The van der Waals surface area contributed by atoms with Crippen LogP contribution < -0.4 is 5.32 Å². The van der Waals surface area contributed by atoms with Crippen molar-refractivity contribution in [2.24, 2.45) is 0 Å². The Bertz CT molecular complexity index is 402. The first kappa shape index (κ1) is 13.4. The third kappa shape index (κ3) is 3.46. The summed E-state index contributed by atoms with van der Waals surface area (Å²) in [4.78, 5) is 14.0. The summed E-state index contributed by atoms with van der Waals surface area (Å²) in [5, 5.41) is 3.21. The Balaban J connectivity index is 1.92. The highest BCUT2D eigenvalue weighted by Gasteiger charge is 2.22. The number of morpholine rings is 1. The smallest absolute Gasteiger partial charge is 0.244 e. The largest absolute Gasteiger partial charge is 0.378 e. The van der Waals surface area contributed by atoms with Gasteiger partial charge in [-0.2, -0.15) is 0 Å². The van der Waals surface area contributed by atoms with Crippen molar-refractivity contribution in [3.8, 4) is 0 Å². The number of rotatable bonds is 3. The monoisotopic (exact) mass is 312 g/mol. The highest BCUT2D eigenvalue weighted by molar-refractivity contribution is 9.10. The van der Waals surface area contributed by atoms with Crippen molar-refractivity contribution >= 4 is 27.5 Å². The van der Waals surface area contributed by atoms with E-state index in [2.05, 4.69) is 21.2 Å². The van der Waals surface area contributed by atoms with Crippen molar-refractivity contribution in [2.75, 3.05) is 31.6 Å². The Morgan fingerprint density at radius 2 is 1.94 bits per heavy atom. The normalized spacial score (nSPS) is 17.3. The van der Waals surface area contributed by atoms with Crippen LogP contribution in [-0.4, -0.2) is 43.2 Å². The molecule has 1 amide bonds. The van der Waals surface area contributed by atoms with E-state index in [1.54, 1.807) is 0 Å². The van der Waals surface area contributed by atoms with Gasteiger partial charge in [-0.3, -0.25) is 4.79 Å². The quantitative estimate of drug-likeness (QED) is 0.929. The number of benzene rings is 1. The molecule has 1 fully saturated rings. The van der Waals surface area contributed by atoms with Crippen LogP contribution in [0.3, 0.4) is 0 Å². The number of halogens is 1. The summed E-state index contributed by atoms with van der Waals surface area (Å²) in [5.41, 5.74) is 0.951. The van der Waals surface area contributed by atoms with Gasteiger partial charge in [0.1, 0.15) is 6.04 Å². The van der Waals surface area contributed by atoms with Gasteiger partial charge in [0.2, 0.25) is 5.91 Å². The van der Waals surface area contributed by atoms with Crippen LogP contribution >= 0.6 is 15.9 Å². The van der Waals surface area contributed by atoms with Crippen LogP contribution in [0.25, 0.3) is 0 Å².